The van der Waals surface area contributed by atoms with Gasteiger partial charge in [-0.3, -0.25) is 9.69 Å². The third-order valence-corrected chi connectivity index (χ3v) is 6.03. The first-order chi connectivity index (χ1) is 15.1. The Labute approximate surface area is 187 Å². The van der Waals surface area contributed by atoms with E-state index >= 15 is 0 Å². The minimum atomic E-state index is -0.460. The number of thiazole rings is 1. The summed E-state index contributed by atoms with van der Waals surface area (Å²) < 4.78 is 16.3. The molecule has 8 heteroatoms. The first kappa shape index (κ1) is 23.4. The normalized spacial score (nSPS) is 15.7. The van der Waals surface area contributed by atoms with Gasteiger partial charge in [-0.2, -0.15) is 0 Å². The van der Waals surface area contributed by atoms with E-state index in [1.807, 2.05) is 37.3 Å². The molecule has 1 unspecified atom stereocenters. The molecule has 1 aromatic heterocycles. The second-order valence-corrected chi connectivity index (χ2v) is 8.54. The van der Waals surface area contributed by atoms with Gasteiger partial charge in [0.2, 0.25) is 5.91 Å². The zero-order valence-electron chi connectivity index (χ0n) is 18.2. The molecule has 0 N–H and O–H groups in total. The Morgan fingerprint density at radius 2 is 2.10 bits per heavy atom. The van der Waals surface area contributed by atoms with Crippen LogP contribution in [0, 0.1) is 6.92 Å². The maximum atomic E-state index is 13.0. The van der Waals surface area contributed by atoms with Crippen molar-refractivity contribution in [2.75, 3.05) is 37.9 Å². The number of carbonyl (C=O) groups excluding carboxylic acids is 2. The van der Waals surface area contributed by atoms with Crippen LogP contribution in [0.4, 0.5) is 5.13 Å². The van der Waals surface area contributed by atoms with Crippen LogP contribution >= 0.6 is 11.3 Å². The molecule has 1 fully saturated rings. The van der Waals surface area contributed by atoms with Gasteiger partial charge in [-0.15, -0.1) is 11.3 Å². The van der Waals surface area contributed by atoms with Gasteiger partial charge in [0.05, 0.1) is 32.3 Å². The van der Waals surface area contributed by atoms with Crippen LogP contribution in [0.3, 0.4) is 0 Å². The molecule has 0 aliphatic carbocycles. The van der Waals surface area contributed by atoms with Crippen molar-refractivity contribution in [2.24, 2.45) is 0 Å². The minimum absolute atomic E-state index is 0.0765. The minimum Gasteiger partial charge on any atom is -0.461 e. The van der Waals surface area contributed by atoms with Crippen LogP contribution in [0.15, 0.2) is 30.3 Å². The maximum absolute atomic E-state index is 13.0. The highest BCUT2D eigenvalue weighted by molar-refractivity contribution is 7.16. The monoisotopic (exact) mass is 446 g/mol. The molecule has 7 nitrogen and oxygen atoms in total. The van der Waals surface area contributed by atoms with E-state index in [4.69, 9.17) is 14.2 Å². The van der Waals surface area contributed by atoms with Gasteiger partial charge in [-0.05, 0) is 38.7 Å². The summed E-state index contributed by atoms with van der Waals surface area (Å²) in [5.74, 6) is -0.537. The zero-order chi connectivity index (χ0) is 22.1. The molecule has 2 aromatic rings. The SMILES string of the molecule is CCOC(=O)c1nc(N(CCc2ccccc2)C(=O)CCOCC2CCCO2)sc1C. The molecule has 2 heterocycles. The number of carbonyl (C=O) groups is 2. The van der Waals surface area contributed by atoms with E-state index in [0.29, 0.717) is 31.3 Å². The summed E-state index contributed by atoms with van der Waals surface area (Å²) in [4.78, 5) is 32.1. The van der Waals surface area contributed by atoms with E-state index in [-0.39, 0.29) is 30.7 Å². The van der Waals surface area contributed by atoms with Gasteiger partial charge in [0, 0.05) is 18.0 Å². The Kier molecular flexibility index (Phi) is 8.99. The summed E-state index contributed by atoms with van der Waals surface area (Å²) in [7, 11) is 0. The lowest BCUT2D eigenvalue weighted by atomic mass is 10.1. The van der Waals surface area contributed by atoms with Crippen molar-refractivity contribution in [3.05, 3.63) is 46.5 Å². The zero-order valence-corrected chi connectivity index (χ0v) is 19.0. The van der Waals surface area contributed by atoms with E-state index in [0.717, 1.165) is 29.9 Å². The summed E-state index contributed by atoms with van der Waals surface area (Å²) in [6, 6.07) is 9.99. The molecule has 0 saturated carbocycles. The fourth-order valence-electron chi connectivity index (χ4n) is 3.38. The van der Waals surface area contributed by atoms with E-state index in [2.05, 4.69) is 4.98 Å². The Balaban J connectivity index is 1.65. The number of rotatable bonds is 11. The topological polar surface area (TPSA) is 78.0 Å². The quantitative estimate of drug-likeness (QED) is 0.386. The van der Waals surface area contributed by atoms with Crippen LogP contribution in [0.1, 0.15) is 47.1 Å². The number of amides is 1. The van der Waals surface area contributed by atoms with Gasteiger partial charge in [0.1, 0.15) is 0 Å². The van der Waals surface area contributed by atoms with E-state index in [1.165, 1.54) is 11.3 Å². The molecule has 1 amide bonds. The van der Waals surface area contributed by atoms with Gasteiger partial charge in [0.25, 0.3) is 0 Å². The van der Waals surface area contributed by atoms with E-state index < -0.39 is 5.97 Å². The maximum Gasteiger partial charge on any atom is 0.358 e. The van der Waals surface area contributed by atoms with Crippen molar-refractivity contribution in [1.82, 2.24) is 4.98 Å². The first-order valence-corrected chi connectivity index (χ1v) is 11.6. The van der Waals surface area contributed by atoms with Gasteiger partial charge >= 0.3 is 5.97 Å². The average Bonchev–Trinajstić information content (AvgIpc) is 3.42. The number of esters is 1. The van der Waals surface area contributed by atoms with Crippen molar-refractivity contribution < 1.29 is 23.8 Å². The number of anilines is 1. The average molecular weight is 447 g/mol. The van der Waals surface area contributed by atoms with Crippen LogP contribution < -0.4 is 4.90 Å². The van der Waals surface area contributed by atoms with Crippen molar-refractivity contribution in [3.63, 3.8) is 0 Å². The number of hydrogen-bond acceptors (Lipinski definition) is 7. The summed E-state index contributed by atoms with van der Waals surface area (Å²) in [6.07, 6.45) is 3.14. The number of benzene rings is 1. The summed E-state index contributed by atoms with van der Waals surface area (Å²) >= 11 is 1.33. The predicted octanol–water partition coefficient (Wildman–Crippen LogP) is 3.79. The van der Waals surface area contributed by atoms with E-state index in [9.17, 15) is 9.59 Å². The largest absolute Gasteiger partial charge is 0.461 e. The lowest BCUT2D eigenvalue weighted by molar-refractivity contribution is -0.120. The number of aromatic nitrogens is 1. The number of aryl methyl sites for hydroxylation is 1. The molecule has 1 aromatic carbocycles. The number of hydrogen-bond donors (Lipinski definition) is 0. The molecule has 31 heavy (non-hydrogen) atoms. The summed E-state index contributed by atoms with van der Waals surface area (Å²) in [5, 5.41) is 0.514. The van der Waals surface area contributed by atoms with Crippen LogP contribution in [0.25, 0.3) is 0 Å². The third-order valence-electron chi connectivity index (χ3n) is 5.04. The van der Waals surface area contributed by atoms with Crippen LogP contribution in [-0.4, -0.2) is 55.9 Å². The summed E-state index contributed by atoms with van der Waals surface area (Å²) in [6.45, 7) is 5.96. The Morgan fingerprint density at radius 3 is 2.81 bits per heavy atom. The molecule has 1 aliphatic heterocycles. The second kappa shape index (κ2) is 11.9. The Hall–Kier alpha value is -2.29. The molecular weight excluding hydrogens is 416 g/mol. The molecule has 0 bridgehead atoms. The predicted molar refractivity (Wildman–Crippen MR) is 120 cm³/mol. The Bertz CT molecular complexity index is 849. The standard InChI is InChI=1S/C23H30N2O5S/c1-3-29-22(27)21-17(2)31-23(24-21)25(13-11-18-8-5-4-6-9-18)20(26)12-15-28-16-19-10-7-14-30-19/h4-6,8-9,19H,3,7,10-16H2,1-2H3. The summed E-state index contributed by atoms with van der Waals surface area (Å²) in [5.41, 5.74) is 1.41. The number of nitrogens with zero attached hydrogens (tertiary/aromatic N) is 2. The molecule has 168 valence electrons. The molecule has 0 spiro atoms. The highest BCUT2D eigenvalue weighted by atomic mass is 32.1. The van der Waals surface area contributed by atoms with Crippen molar-refractivity contribution >= 4 is 28.3 Å². The number of ether oxygens (including phenoxy) is 3. The van der Waals surface area contributed by atoms with E-state index in [1.54, 1.807) is 11.8 Å². The van der Waals surface area contributed by atoms with Crippen molar-refractivity contribution in [2.45, 2.75) is 45.6 Å². The van der Waals surface area contributed by atoms with Gasteiger partial charge in [0.15, 0.2) is 10.8 Å². The molecule has 1 aliphatic rings. The molecule has 1 atom stereocenters. The van der Waals surface area contributed by atoms with Crippen molar-refractivity contribution in [3.8, 4) is 0 Å². The van der Waals surface area contributed by atoms with Gasteiger partial charge in [-0.1, -0.05) is 30.3 Å². The highest BCUT2D eigenvalue weighted by Crippen LogP contribution is 2.27. The third kappa shape index (κ3) is 6.85. The second-order valence-electron chi connectivity index (χ2n) is 7.36. The van der Waals surface area contributed by atoms with Crippen LogP contribution in [0.5, 0.6) is 0 Å². The van der Waals surface area contributed by atoms with Crippen LogP contribution in [0.2, 0.25) is 0 Å². The lowest BCUT2D eigenvalue weighted by Crippen LogP contribution is -2.34. The molecular formula is C23H30N2O5S. The lowest BCUT2D eigenvalue weighted by Gasteiger charge is -2.20. The fraction of sp³-hybridized carbons (Fsp3) is 0.522. The molecule has 3 rings (SSSR count). The first-order valence-electron chi connectivity index (χ1n) is 10.8. The van der Waals surface area contributed by atoms with Gasteiger partial charge < -0.3 is 14.2 Å². The highest BCUT2D eigenvalue weighted by Gasteiger charge is 2.24. The van der Waals surface area contributed by atoms with Gasteiger partial charge in [-0.25, -0.2) is 9.78 Å². The molecule has 1 saturated heterocycles. The molecule has 0 radical (unpaired) electrons. The van der Waals surface area contributed by atoms with Crippen LogP contribution in [-0.2, 0) is 25.4 Å². The Morgan fingerprint density at radius 1 is 1.29 bits per heavy atom. The van der Waals surface area contributed by atoms with Crippen molar-refractivity contribution in [1.29, 1.82) is 0 Å². The smallest absolute Gasteiger partial charge is 0.358 e. The fourth-order valence-corrected chi connectivity index (χ4v) is 4.32.